The SMILES string of the molecule is CCCCP(CCCC)c1cc2ccccc2[cH-]1.[Cl-].[Cl-].[Hf+4].c1ccc(P(c2ccccc2)c2cc3ccccc3[cH-]2)cc1. The van der Waals surface area contributed by atoms with Gasteiger partial charge in [-0.25, -0.2) is 0 Å². The van der Waals surface area contributed by atoms with Crippen molar-refractivity contribution in [2.24, 2.45) is 0 Å². The van der Waals surface area contributed by atoms with E-state index in [-0.39, 0.29) is 58.6 Å². The zero-order chi connectivity index (χ0) is 27.6. The molecule has 0 bridgehead atoms. The van der Waals surface area contributed by atoms with Gasteiger partial charge >= 0.3 is 25.8 Å². The number of unbranched alkanes of at least 4 members (excludes halogenated alkanes) is 2. The topological polar surface area (TPSA) is 0 Å². The second-order valence-electron chi connectivity index (χ2n) is 10.4. The zero-order valence-corrected chi connectivity index (χ0v) is 32.0. The Morgan fingerprint density at radius 2 is 0.907 bits per heavy atom. The first kappa shape index (κ1) is 37.6. The molecule has 0 saturated carbocycles. The average molecular weight is 808 g/mol. The van der Waals surface area contributed by atoms with Gasteiger partial charge in [0, 0.05) is 0 Å². The molecule has 0 aromatic heterocycles. The van der Waals surface area contributed by atoms with E-state index in [2.05, 4.69) is 147 Å². The number of hydrogen-bond donors (Lipinski definition) is 0. The number of fused-ring (bicyclic) bond motifs is 2. The van der Waals surface area contributed by atoms with Gasteiger partial charge < -0.3 is 24.8 Å². The van der Waals surface area contributed by atoms with E-state index in [9.17, 15) is 0 Å². The van der Waals surface area contributed by atoms with Crippen molar-refractivity contribution in [1.82, 2.24) is 0 Å². The molecule has 0 atom stereocenters. The van der Waals surface area contributed by atoms with Crippen molar-refractivity contribution < 1.29 is 50.7 Å². The van der Waals surface area contributed by atoms with Crippen LogP contribution in [-0.4, -0.2) is 12.3 Å². The van der Waals surface area contributed by atoms with Crippen molar-refractivity contribution in [3.05, 3.63) is 133 Å². The van der Waals surface area contributed by atoms with E-state index in [0.29, 0.717) is 0 Å². The molecule has 0 aliphatic heterocycles. The van der Waals surface area contributed by atoms with Crippen molar-refractivity contribution in [1.29, 1.82) is 0 Å². The third-order valence-corrected chi connectivity index (χ3v) is 12.5. The van der Waals surface area contributed by atoms with Crippen molar-refractivity contribution in [2.45, 2.75) is 39.5 Å². The minimum Gasteiger partial charge on any atom is -1.00 e. The molecule has 43 heavy (non-hydrogen) atoms. The van der Waals surface area contributed by atoms with Crippen LogP contribution in [0.25, 0.3) is 21.5 Å². The molecule has 0 unspecified atom stereocenters. The predicted molar refractivity (Wildman–Crippen MR) is 184 cm³/mol. The van der Waals surface area contributed by atoms with Crippen molar-refractivity contribution >= 4 is 58.6 Å². The number of hydrogen-bond acceptors (Lipinski definition) is 0. The molecular formula is C38H40Cl2HfP2. The van der Waals surface area contributed by atoms with E-state index >= 15 is 0 Å². The van der Waals surface area contributed by atoms with E-state index in [1.54, 1.807) is 5.30 Å². The van der Waals surface area contributed by atoms with Crippen LogP contribution >= 0.6 is 15.8 Å². The molecule has 0 aliphatic rings. The molecule has 0 saturated heterocycles. The summed E-state index contributed by atoms with van der Waals surface area (Å²) in [5.41, 5.74) is 0. The van der Waals surface area contributed by atoms with Crippen molar-refractivity contribution in [3.8, 4) is 0 Å². The summed E-state index contributed by atoms with van der Waals surface area (Å²) in [4.78, 5) is 0. The van der Waals surface area contributed by atoms with Gasteiger partial charge in [-0.2, -0.15) is 12.1 Å². The van der Waals surface area contributed by atoms with Crippen LogP contribution in [0.4, 0.5) is 0 Å². The second-order valence-corrected chi connectivity index (χ2v) is 15.1. The summed E-state index contributed by atoms with van der Waals surface area (Å²) in [7, 11) is -0.407. The van der Waals surface area contributed by atoms with Crippen LogP contribution in [0, 0.1) is 0 Å². The molecule has 5 heteroatoms. The number of halogens is 2. The Balaban J connectivity index is 0.000000286. The summed E-state index contributed by atoms with van der Waals surface area (Å²) in [5.74, 6) is 0. The molecule has 0 N–H and O–H groups in total. The molecule has 0 amide bonds. The van der Waals surface area contributed by atoms with E-state index in [0.717, 1.165) is 0 Å². The smallest absolute Gasteiger partial charge is 1.00 e. The molecule has 0 radical (unpaired) electrons. The van der Waals surface area contributed by atoms with Crippen LogP contribution in [0.1, 0.15) is 39.5 Å². The van der Waals surface area contributed by atoms with Gasteiger partial charge in [0.1, 0.15) is 0 Å². The van der Waals surface area contributed by atoms with Gasteiger partial charge in [-0.05, 0) is 43.7 Å². The summed E-state index contributed by atoms with van der Waals surface area (Å²) in [6.07, 6.45) is 8.26. The Morgan fingerprint density at radius 1 is 0.512 bits per heavy atom. The van der Waals surface area contributed by atoms with Crippen LogP contribution in [0.5, 0.6) is 0 Å². The maximum absolute atomic E-state index is 2.44. The Hall–Kier alpha value is -1.59. The van der Waals surface area contributed by atoms with Gasteiger partial charge in [0.25, 0.3) is 0 Å². The normalized spacial score (nSPS) is 10.5. The van der Waals surface area contributed by atoms with E-state index in [1.165, 1.54) is 75.5 Å². The standard InChI is InChI=1S/C21H16P.C17H24P.2ClH.Hf/c1-3-11-19(12-4-1)22(20-13-5-2-6-14-20)21-15-17-9-7-8-10-18(17)16-21;1-3-5-11-18(12-6-4-2)17-13-15-9-7-8-10-16(15)14-17;;;/h1-16H;7-10,13-14H,3-6,11-12H2,1-2H3;2*1H;/q2*-1;;;+4/p-2. The quantitative estimate of drug-likeness (QED) is 0.113. The van der Waals surface area contributed by atoms with Gasteiger partial charge in [-0.3, -0.25) is 0 Å². The summed E-state index contributed by atoms with van der Waals surface area (Å²) in [6.45, 7) is 4.60. The van der Waals surface area contributed by atoms with Gasteiger partial charge in [0.2, 0.25) is 0 Å². The van der Waals surface area contributed by atoms with Crippen LogP contribution in [0.2, 0.25) is 0 Å². The summed E-state index contributed by atoms with van der Waals surface area (Å²) < 4.78 is 0. The fraction of sp³-hybridized carbons (Fsp3) is 0.211. The molecule has 0 aliphatic carbocycles. The fourth-order valence-electron chi connectivity index (χ4n) is 5.25. The Morgan fingerprint density at radius 3 is 1.35 bits per heavy atom. The third-order valence-electron chi connectivity index (χ3n) is 7.42. The Bertz CT molecular complexity index is 1480. The van der Waals surface area contributed by atoms with Crippen molar-refractivity contribution in [2.75, 3.05) is 12.3 Å². The molecule has 0 spiro atoms. The average Bonchev–Trinajstić information content (AvgIpc) is 3.63. The first-order valence-corrected chi connectivity index (χ1v) is 17.8. The first-order chi connectivity index (χ1) is 19.8. The maximum atomic E-state index is 2.44. The van der Waals surface area contributed by atoms with Gasteiger partial charge in [-0.1, -0.05) is 107 Å². The van der Waals surface area contributed by atoms with E-state index in [1.807, 2.05) is 0 Å². The molecule has 0 fully saturated rings. The molecule has 6 aromatic rings. The summed E-state index contributed by atoms with van der Waals surface area (Å²) in [5, 5.41) is 11.4. The molecule has 0 heterocycles. The van der Waals surface area contributed by atoms with Crippen LogP contribution in [-0.2, 0) is 25.8 Å². The molecular weight excluding hydrogens is 768 g/mol. The predicted octanol–water partition coefficient (Wildman–Crippen LogP) is 3.59. The van der Waals surface area contributed by atoms with E-state index in [4.69, 9.17) is 0 Å². The number of benzene rings is 4. The van der Waals surface area contributed by atoms with Gasteiger partial charge in [0.15, 0.2) is 0 Å². The summed E-state index contributed by atoms with van der Waals surface area (Å²) >= 11 is 0. The zero-order valence-electron chi connectivity index (χ0n) is 25.1. The summed E-state index contributed by atoms with van der Waals surface area (Å²) in [6, 6.07) is 48.7. The van der Waals surface area contributed by atoms with Crippen LogP contribution in [0.3, 0.4) is 0 Å². The molecule has 220 valence electrons. The minimum absolute atomic E-state index is 0. The molecule has 6 aromatic carbocycles. The molecule has 0 nitrogen and oxygen atoms in total. The van der Waals surface area contributed by atoms with Gasteiger partial charge in [-0.15, -0.1) is 80.7 Å². The van der Waals surface area contributed by atoms with Crippen molar-refractivity contribution in [3.63, 3.8) is 0 Å². The Kier molecular flexibility index (Phi) is 17.2. The molecule has 6 rings (SSSR count). The first-order valence-electron chi connectivity index (χ1n) is 14.7. The van der Waals surface area contributed by atoms with E-state index < -0.39 is 7.92 Å². The fourth-order valence-corrected chi connectivity index (χ4v) is 10.4. The van der Waals surface area contributed by atoms with Crippen LogP contribution < -0.4 is 46.0 Å². The van der Waals surface area contributed by atoms with Gasteiger partial charge in [0.05, 0.1) is 0 Å². The largest absolute Gasteiger partial charge is 4.00 e. The van der Waals surface area contributed by atoms with Crippen LogP contribution in [0.15, 0.2) is 133 Å². The Labute approximate surface area is 292 Å². The number of rotatable bonds is 10. The third kappa shape index (κ3) is 10.2. The monoisotopic (exact) mass is 808 g/mol. The second kappa shape index (κ2) is 19.7. The maximum Gasteiger partial charge on any atom is 4.00 e. The minimum atomic E-state index is -0.493.